The molecule has 0 aliphatic rings. The predicted molar refractivity (Wildman–Crippen MR) is 120 cm³/mol. The summed E-state index contributed by atoms with van der Waals surface area (Å²) < 4.78 is 7.44. The number of nitrogens with one attached hydrogen (secondary N) is 1. The number of carbonyl (C=O) groups excluding carboxylic acids is 1. The maximum Gasteiger partial charge on any atom is 0.230 e. The van der Waals surface area contributed by atoms with E-state index in [1.54, 1.807) is 19.5 Å². The number of benzene rings is 2. The van der Waals surface area contributed by atoms with Crippen LogP contribution in [0, 0.1) is 0 Å². The summed E-state index contributed by atoms with van der Waals surface area (Å²) in [5.74, 6) is 1.45. The summed E-state index contributed by atoms with van der Waals surface area (Å²) in [7, 11) is 1.62. The summed E-state index contributed by atoms with van der Waals surface area (Å²) in [6, 6.07) is 21.2. The average Bonchev–Trinajstić information content (AvgIpc) is 3.26. The number of rotatable bonds is 8. The second-order valence-corrected chi connectivity index (χ2v) is 7.55. The maximum absolute atomic E-state index is 12.4. The zero-order chi connectivity index (χ0) is 21.5. The summed E-state index contributed by atoms with van der Waals surface area (Å²) in [6.07, 6.45) is 3.44. The zero-order valence-corrected chi connectivity index (χ0v) is 17.7. The van der Waals surface area contributed by atoms with Crippen molar-refractivity contribution in [2.24, 2.45) is 0 Å². The number of thioether (sulfide) groups is 1. The number of methoxy groups -OCH3 is 1. The van der Waals surface area contributed by atoms with Crippen molar-refractivity contribution in [2.45, 2.75) is 11.7 Å². The Kier molecular flexibility index (Phi) is 6.59. The van der Waals surface area contributed by atoms with E-state index in [9.17, 15) is 4.79 Å². The molecule has 1 amide bonds. The lowest BCUT2D eigenvalue weighted by molar-refractivity contribution is -0.118. The minimum atomic E-state index is -0.0774. The van der Waals surface area contributed by atoms with E-state index in [1.807, 2.05) is 71.3 Å². The van der Waals surface area contributed by atoms with Crippen LogP contribution in [-0.2, 0) is 11.3 Å². The zero-order valence-electron chi connectivity index (χ0n) is 16.9. The SMILES string of the molecule is COc1ccccc1-n1c(SCC(=O)NCc2ccccc2)nnc1-c1cccnc1. The smallest absolute Gasteiger partial charge is 0.230 e. The van der Waals surface area contributed by atoms with Gasteiger partial charge in [0.2, 0.25) is 5.91 Å². The largest absolute Gasteiger partial charge is 0.495 e. The van der Waals surface area contributed by atoms with Gasteiger partial charge in [0.25, 0.3) is 0 Å². The summed E-state index contributed by atoms with van der Waals surface area (Å²) >= 11 is 1.32. The highest BCUT2D eigenvalue weighted by molar-refractivity contribution is 7.99. The van der Waals surface area contributed by atoms with E-state index in [4.69, 9.17) is 4.74 Å². The minimum Gasteiger partial charge on any atom is -0.495 e. The highest BCUT2D eigenvalue weighted by Gasteiger charge is 2.19. The number of aromatic nitrogens is 4. The lowest BCUT2D eigenvalue weighted by Crippen LogP contribution is -2.24. The van der Waals surface area contributed by atoms with E-state index in [1.165, 1.54) is 11.8 Å². The predicted octanol–water partition coefficient (Wildman–Crippen LogP) is 3.75. The fourth-order valence-electron chi connectivity index (χ4n) is 3.05. The van der Waals surface area contributed by atoms with Gasteiger partial charge in [-0.25, -0.2) is 0 Å². The molecule has 8 heteroatoms. The van der Waals surface area contributed by atoms with Gasteiger partial charge in [0.1, 0.15) is 5.75 Å². The van der Waals surface area contributed by atoms with Crippen LogP contribution in [0.4, 0.5) is 0 Å². The van der Waals surface area contributed by atoms with E-state index in [-0.39, 0.29) is 11.7 Å². The van der Waals surface area contributed by atoms with Gasteiger partial charge in [0.05, 0.1) is 18.6 Å². The van der Waals surface area contributed by atoms with Crippen molar-refractivity contribution >= 4 is 17.7 Å². The molecule has 4 aromatic rings. The van der Waals surface area contributed by atoms with E-state index in [0.717, 1.165) is 16.8 Å². The Balaban J connectivity index is 1.57. The molecule has 1 N–H and O–H groups in total. The van der Waals surface area contributed by atoms with Crippen LogP contribution in [0.3, 0.4) is 0 Å². The molecule has 7 nitrogen and oxygen atoms in total. The topological polar surface area (TPSA) is 81.9 Å². The van der Waals surface area contributed by atoms with Crippen LogP contribution in [-0.4, -0.2) is 38.5 Å². The molecule has 31 heavy (non-hydrogen) atoms. The first-order valence-corrected chi connectivity index (χ1v) is 10.7. The number of ether oxygens (including phenoxy) is 1. The summed E-state index contributed by atoms with van der Waals surface area (Å²) in [6.45, 7) is 0.486. The molecule has 0 atom stereocenters. The van der Waals surface area contributed by atoms with Crippen LogP contribution in [0.1, 0.15) is 5.56 Å². The van der Waals surface area contributed by atoms with Gasteiger partial charge in [0, 0.05) is 24.5 Å². The van der Waals surface area contributed by atoms with Crippen molar-refractivity contribution in [1.82, 2.24) is 25.1 Å². The van der Waals surface area contributed by atoms with Crippen LogP contribution >= 0.6 is 11.8 Å². The Morgan fingerprint density at radius 3 is 2.61 bits per heavy atom. The van der Waals surface area contributed by atoms with Crippen LogP contribution < -0.4 is 10.1 Å². The summed E-state index contributed by atoms with van der Waals surface area (Å²) in [5, 5.41) is 12.3. The lowest BCUT2D eigenvalue weighted by atomic mass is 10.2. The van der Waals surface area contributed by atoms with E-state index >= 15 is 0 Å². The van der Waals surface area contributed by atoms with Crippen molar-refractivity contribution in [1.29, 1.82) is 0 Å². The van der Waals surface area contributed by atoms with Crippen LogP contribution in [0.15, 0.2) is 84.3 Å². The molecule has 0 spiro atoms. The van der Waals surface area contributed by atoms with Gasteiger partial charge in [-0.1, -0.05) is 54.2 Å². The molecule has 0 fully saturated rings. The van der Waals surface area contributed by atoms with Crippen molar-refractivity contribution < 1.29 is 9.53 Å². The highest BCUT2D eigenvalue weighted by Crippen LogP contribution is 2.32. The fourth-order valence-corrected chi connectivity index (χ4v) is 3.83. The minimum absolute atomic E-state index is 0.0774. The number of pyridine rings is 1. The molecular weight excluding hydrogens is 410 g/mol. The molecule has 0 aliphatic heterocycles. The van der Waals surface area contributed by atoms with Crippen molar-refractivity contribution in [3.8, 4) is 22.8 Å². The molecule has 2 aromatic carbocycles. The molecule has 0 saturated carbocycles. The average molecular weight is 432 g/mol. The fraction of sp³-hybridized carbons (Fsp3) is 0.130. The molecule has 0 unspecified atom stereocenters. The second-order valence-electron chi connectivity index (χ2n) is 6.61. The Bertz CT molecular complexity index is 1150. The van der Waals surface area contributed by atoms with Crippen LogP contribution in [0.25, 0.3) is 17.1 Å². The third-order valence-corrected chi connectivity index (χ3v) is 5.47. The van der Waals surface area contributed by atoms with Gasteiger partial charge in [-0.3, -0.25) is 14.3 Å². The number of carbonyl (C=O) groups is 1. The first-order chi connectivity index (χ1) is 15.3. The maximum atomic E-state index is 12.4. The van der Waals surface area contributed by atoms with Crippen molar-refractivity contribution in [3.05, 3.63) is 84.7 Å². The quantitative estimate of drug-likeness (QED) is 0.428. The molecule has 4 rings (SSSR count). The molecule has 0 aliphatic carbocycles. The number of hydrogen-bond acceptors (Lipinski definition) is 6. The Morgan fingerprint density at radius 2 is 1.84 bits per heavy atom. The Hall–Kier alpha value is -3.65. The first kappa shape index (κ1) is 20.6. The summed E-state index contributed by atoms with van der Waals surface area (Å²) in [4.78, 5) is 16.6. The van der Waals surface area contributed by atoms with E-state index in [0.29, 0.717) is 23.3 Å². The Morgan fingerprint density at radius 1 is 1.03 bits per heavy atom. The lowest BCUT2D eigenvalue weighted by Gasteiger charge is -2.13. The van der Waals surface area contributed by atoms with Crippen molar-refractivity contribution in [3.63, 3.8) is 0 Å². The molecular formula is C23H21N5O2S. The van der Waals surface area contributed by atoms with E-state index < -0.39 is 0 Å². The molecule has 156 valence electrons. The highest BCUT2D eigenvalue weighted by atomic mass is 32.2. The number of hydrogen-bond donors (Lipinski definition) is 1. The molecule has 2 heterocycles. The van der Waals surface area contributed by atoms with Gasteiger partial charge in [-0.2, -0.15) is 0 Å². The third kappa shape index (κ3) is 4.92. The second kappa shape index (κ2) is 9.90. The molecule has 2 aromatic heterocycles. The van der Waals surface area contributed by atoms with Gasteiger partial charge in [-0.05, 0) is 29.8 Å². The van der Waals surface area contributed by atoms with Crippen molar-refractivity contribution in [2.75, 3.05) is 12.9 Å². The molecule has 0 radical (unpaired) electrons. The van der Waals surface area contributed by atoms with Crippen LogP contribution in [0.2, 0.25) is 0 Å². The van der Waals surface area contributed by atoms with Gasteiger partial charge < -0.3 is 10.1 Å². The third-order valence-electron chi connectivity index (χ3n) is 4.54. The number of para-hydroxylation sites is 2. The molecule has 0 saturated heterocycles. The van der Waals surface area contributed by atoms with Gasteiger partial charge >= 0.3 is 0 Å². The number of amides is 1. The normalized spacial score (nSPS) is 10.6. The molecule has 0 bridgehead atoms. The van der Waals surface area contributed by atoms with Crippen LogP contribution in [0.5, 0.6) is 5.75 Å². The van der Waals surface area contributed by atoms with Gasteiger partial charge in [-0.15, -0.1) is 10.2 Å². The summed E-state index contributed by atoms with van der Waals surface area (Å²) in [5.41, 5.74) is 2.67. The van der Waals surface area contributed by atoms with Gasteiger partial charge in [0.15, 0.2) is 11.0 Å². The number of nitrogens with zero attached hydrogens (tertiary/aromatic N) is 4. The van der Waals surface area contributed by atoms with E-state index in [2.05, 4.69) is 20.5 Å². The first-order valence-electron chi connectivity index (χ1n) is 9.69. The Labute approximate surface area is 184 Å². The standard InChI is InChI=1S/C23H21N5O2S/c1-30-20-12-6-5-11-19(20)28-22(18-10-7-13-24-15-18)26-27-23(28)31-16-21(29)25-14-17-8-3-2-4-9-17/h2-13,15H,14,16H2,1H3,(H,25,29). The monoisotopic (exact) mass is 431 g/mol.